The highest BCUT2D eigenvalue weighted by atomic mass is 16.5. The molecule has 1 aromatic heterocycles. The lowest BCUT2D eigenvalue weighted by atomic mass is 9.98. The molecule has 132 valence electrons. The normalized spacial score (nSPS) is 17.0. The Morgan fingerprint density at radius 1 is 1.38 bits per heavy atom. The maximum absolute atomic E-state index is 12.4. The summed E-state index contributed by atoms with van der Waals surface area (Å²) in [4.78, 5) is 30.0. The van der Waals surface area contributed by atoms with E-state index in [1.165, 1.54) is 0 Å². The Morgan fingerprint density at radius 2 is 2.08 bits per heavy atom. The molecular weight excluding hydrogens is 310 g/mol. The van der Waals surface area contributed by atoms with Crippen molar-refractivity contribution in [1.29, 1.82) is 0 Å². The van der Waals surface area contributed by atoms with Gasteiger partial charge in [-0.2, -0.15) is 0 Å². The van der Waals surface area contributed by atoms with Gasteiger partial charge in [0.25, 0.3) is 0 Å². The number of nitrogens with one attached hydrogen (secondary N) is 2. The van der Waals surface area contributed by atoms with Crippen LogP contribution in [0, 0.1) is 5.92 Å². The van der Waals surface area contributed by atoms with Gasteiger partial charge in [0.15, 0.2) is 0 Å². The molecule has 2 rings (SSSR count). The van der Waals surface area contributed by atoms with Gasteiger partial charge in [0.2, 0.25) is 5.91 Å². The minimum absolute atomic E-state index is 0.0296. The van der Waals surface area contributed by atoms with Crippen molar-refractivity contribution in [3.8, 4) is 0 Å². The molecule has 2 unspecified atom stereocenters. The summed E-state index contributed by atoms with van der Waals surface area (Å²) in [5.74, 6) is 0.521. The summed E-state index contributed by atoms with van der Waals surface area (Å²) >= 11 is 0. The Morgan fingerprint density at radius 3 is 2.62 bits per heavy atom. The van der Waals surface area contributed by atoms with Crippen LogP contribution in [0.3, 0.4) is 0 Å². The number of ether oxygens (including phenoxy) is 1. The predicted molar refractivity (Wildman–Crippen MR) is 91.9 cm³/mol. The summed E-state index contributed by atoms with van der Waals surface area (Å²) in [5.41, 5.74) is 5.74. The van der Waals surface area contributed by atoms with E-state index in [-0.39, 0.29) is 11.8 Å². The van der Waals surface area contributed by atoms with Gasteiger partial charge in [-0.1, -0.05) is 20.3 Å². The molecule has 8 heteroatoms. The first-order valence-corrected chi connectivity index (χ1v) is 8.16. The molecule has 0 saturated carbocycles. The second-order valence-electron chi connectivity index (χ2n) is 5.87. The quantitative estimate of drug-likeness (QED) is 0.717. The lowest BCUT2D eigenvalue weighted by Gasteiger charge is -2.28. The van der Waals surface area contributed by atoms with Crippen molar-refractivity contribution in [2.24, 2.45) is 11.7 Å². The number of rotatable bonds is 6. The molecule has 8 nitrogen and oxygen atoms in total. The molecule has 4 N–H and O–H groups in total. The maximum atomic E-state index is 12.4. The number of hydrogen-bond donors (Lipinski definition) is 3. The molecule has 2 atom stereocenters. The van der Waals surface area contributed by atoms with Crippen molar-refractivity contribution >= 4 is 23.4 Å². The first-order chi connectivity index (χ1) is 11.5. The second-order valence-corrected chi connectivity index (χ2v) is 5.87. The van der Waals surface area contributed by atoms with Crippen LogP contribution in [0.25, 0.3) is 0 Å². The van der Waals surface area contributed by atoms with Gasteiger partial charge in [-0.25, -0.2) is 9.78 Å². The highest BCUT2D eigenvalue weighted by molar-refractivity contribution is 5.97. The molecule has 0 radical (unpaired) electrons. The van der Waals surface area contributed by atoms with Crippen molar-refractivity contribution in [2.45, 2.75) is 26.3 Å². The molecule has 1 aliphatic rings. The van der Waals surface area contributed by atoms with Gasteiger partial charge in [0.1, 0.15) is 11.9 Å². The maximum Gasteiger partial charge on any atom is 0.312 e. The zero-order valence-corrected chi connectivity index (χ0v) is 14.1. The second kappa shape index (κ2) is 8.49. The molecule has 0 aliphatic carbocycles. The molecule has 1 fully saturated rings. The summed E-state index contributed by atoms with van der Waals surface area (Å²) in [6, 6.07) is 2.27. The lowest BCUT2D eigenvalue weighted by molar-refractivity contribution is -0.119. The number of amides is 3. The van der Waals surface area contributed by atoms with Gasteiger partial charge in [0.05, 0.1) is 25.1 Å². The van der Waals surface area contributed by atoms with Crippen LogP contribution in [0.5, 0.6) is 0 Å². The minimum atomic E-state index is -0.712. The number of urea groups is 1. The third kappa shape index (κ3) is 4.82. The fourth-order valence-electron chi connectivity index (χ4n) is 2.51. The Bertz CT molecular complexity index is 557. The topological polar surface area (TPSA) is 110 Å². The van der Waals surface area contributed by atoms with E-state index in [1.807, 2.05) is 19.9 Å². The van der Waals surface area contributed by atoms with Crippen molar-refractivity contribution in [3.05, 3.63) is 18.3 Å². The van der Waals surface area contributed by atoms with Crippen LogP contribution in [0.15, 0.2) is 18.3 Å². The average molecular weight is 335 g/mol. The number of nitrogens with zero attached hydrogens (tertiary/aromatic N) is 2. The highest BCUT2D eigenvalue weighted by Gasteiger charge is 2.25. The number of aromatic nitrogens is 1. The molecule has 0 bridgehead atoms. The third-order valence-electron chi connectivity index (χ3n) is 4.14. The molecular formula is C16H25N5O3. The van der Waals surface area contributed by atoms with Crippen LogP contribution < -0.4 is 21.3 Å². The van der Waals surface area contributed by atoms with E-state index in [1.54, 1.807) is 12.3 Å². The van der Waals surface area contributed by atoms with Gasteiger partial charge >= 0.3 is 6.03 Å². The first kappa shape index (κ1) is 18.0. The number of carbonyl (C=O) groups excluding carboxylic acids is 2. The third-order valence-corrected chi connectivity index (χ3v) is 4.14. The average Bonchev–Trinajstić information content (AvgIpc) is 2.60. The summed E-state index contributed by atoms with van der Waals surface area (Å²) in [5, 5.41) is 5.28. The van der Waals surface area contributed by atoms with Gasteiger partial charge in [-0.15, -0.1) is 0 Å². The van der Waals surface area contributed by atoms with Gasteiger partial charge < -0.3 is 26.0 Å². The van der Waals surface area contributed by atoms with Gasteiger partial charge in [-0.3, -0.25) is 4.79 Å². The number of hydrogen-bond acceptors (Lipinski definition) is 5. The van der Waals surface area contributed by atoms with Crippen LogP contribution >= 0.6 is 0 Å². The number of carbonyl (C=O) groups is 2. The molecule has 0 aromatic carbocycles. The van der Waals surface area contributed by atoms with E-state index in [9.17, 15) is 9.59 Å². The van der Waals surface area contributed by atoms with E-state index in [4.69, 9.17) is 10.5 Å². The minimum Gasteiger partial charge on any atom is -0.378 e. The summed E-state index contributed by atoms with van der Waals surface area (Å²) < 4.78 is 5.32. The lowest BCUT2D eigenvalue weighted by Crippen LogP contribution is -2.49. The summed E-state index contributed by atoms with van der Waals surface area (Å²) in [6.45, 7) is 6.83. The van der Waals surface area contributed by atoms with E-state index < -0.39 is 12.1 Å². The monoisotopic (exact) mass is 335 g/mol. The largest absolute Gasteiger partial charge is 0.378 e. The fraction of sp³-hybridized carbons (Fsp3) is 0.562. The van der Waals surface area contributed by atoms with E-state index in [0.29, 0.717) is 18.9 Å². The summed E-state index contributed by atoms with van der Waals surface area (Å²) in [7, 11) is 0. The number of pyridine rings is 1. The van der Waals surface area contributed by atoms with Crippen molar-refractivity contribution in [2.75, 3.05) is 36.5 Å². The molecule has 24 heavy (non-hydrogen) atoms. The number of anilines is 2. The van der Waals surface area contributed by atoms with Crippen molar-refractivity contribution in [1.82, 2.24) is 10.3 Å². The Balaban J connectivity index is 2.00. The fourth-order valence-corrected chi connectivity index (χ4v) is 2.51. The van der Waals surface area contributed by atoms with Crippen molar-refractivity contribution < 1.29 is 14.3 Å². The SMILES string of the molecule is CCC(C)C(NC(N)=O)C(=O)Nc1ccc(N2CCOCC2)nc1. The molecule has 1 saturated heterocycles. The standard InChI is InChI=1S/C16H25N5O3/c1-3-11(2)14(20-16(17)23)15(22)19-12-4-5-13(18-10-12)21-6-8-24-9-7-21/h4-5,10-11,14H,3,6-9H2,1-2H3,(H,19,22)(H3,17,20,23). The molecule has 2 heterocycles. The zero-order valence-electron chi connectivity index (χ0n) is 14.1. The van der Waals surface area contributed by atoms with Gasteiger partial charge in [-0.05, 0) is 18.1 Å². The van der Waals surface area contributed by atoms with Crippen LogP contribution in [0.4, 0.5) is 16.3 Å². The Kier molecular flexibility index (Phi) is 6.36. The van der Waals surface area contributed by atoms with Crippen molar-refractivity contribution in [3.63, 3.8) is 0 Å². The summed E-state index contributed by atoms with van der Waals surface area (Å²) in [6.07, 6.45) is 2.35. The van der Waals surface area contributed by atoms with Crippen LogP contribution in [-0.2, 0) is 9.53 Å². The number of primary amides is 1. The molecule has 1 aromatic rings. The van der Waals surface area contributed by atoms with Crippen LogP contribution in [-0.4, -0.2) is 49.3 Å². The first-order valence-electron chi connectivity index (χ1n) is 8.16. The van der Waals surface area contributed by atoms with E-state index in [2.05, 4.69) is 20.5 Å². The zero-order chi connectivity index (χ0) is 17.5. The predicted octanol–water partition coefficient (Wildman–Crippen LogP) is 0.940. The van der Waals surface area contributed by atoms with Crippen LogP contribution in [0.1, 0.15) is 20.3 Å². The van der Waals surface area contributed by atoms with E-state index in [0.717, 1.165) is 25.3 Å². The molecule has 3 amide bonds. The Labute approximate surface area is 141 Å². The molecule has 0 spiro atoms. The van der Waals surface area contributed by atoms with E-state index >= 15 is 0 Å². The number of nitrogens with two attached hydrogens (primary N) is 1. The molecule has 1 aliphatic heterocycles. The number of morpholine rings is 1. The van der Waals surface area contributed by atoms with Crippen LogP contribution in [0.2, 0.25) is 0 Å². The Hall–Kier alpha value is -2.35. The highest BCUT2D eigenvalue weighted by Crippen LogP contribution is 2.16. The van der Waals surface area contributed by atoms with Gasteiger partial charge in [0, 0.05) is 13.1 Å². The smallest absolute Gasteiger partial charge is 0.312 e.